The molecule has 2 aromatic carbocycles. The molecule has 0 aliphatic heterocycles. The van der Waals surface area contributed by atoms with E-state index in [1.807, 2.05) is 12.1 Å². The summed E-state index contributed by atoms with van der Waals surface area (Å²) in [5.41, 5.74) is 3.39. The normalized spacial score (nSPS) is 10.9. The molecule has 84 valence electrons. The molecule has 0 spiro atoms. The predicted molar refractivity (Wildman–Crippen MR) is 73.7 cm³/mol. The Morgan fingerprint density at radius 2 is 1.47 bits per heavy atom. The second kappa shape index (κ2) is 4.47. The van der Waals surface area contributed by atoms with E-state index in [4.69, 9.17) is 6.42 Å². The van der Waals surface area contributed by atoms with Gasteiger partial charge in [-0.2, -0.15) is 0 Å². The van der Waals surface area contributed by atoms with Gasteiger partial charge in [0.15, 0.2) is 0 Å². The number of rotatable bonds is 2. The SMILES string of the molecule is C#CC(C)(C)c1ccccc1-c1ccccc1. The Hall–Kier alpha value is -2.00. The molecule has 0 saturated carbocycles. The van der Waals surface area contributed by atoms with Crippen molar-refractivity contribution in [1.82, 2.24) is 0 Å². The van der Waals surface area contributed by atoms with E-state index in [9.17, 15) is 0 Å². The molecule has 0 amide bonds. The molecule has 2 aromatic rings. The van der Waals surface area contributed by atoms with Gasteiger partial charge in [0.25, 0.3) is 0 Å². The highest BCUT2D eigenvalue weighted by Crippen LogP contribution is 2.32. The van der Waals surface area contributed by atoms with Gasteiger partial charge in [0, 0.05) is 0 Å². The van der Waals surface area contributed by atoms with Gasteiger partial charge in [-0.25, -0.2) is 0 Å². The molecular weight excluding hydrogens is 204 g/mol. The van der Waals surface area contributed by atoms with Gasteiger partial charge in [-0.1, -0.05) is 60.5 Å². The first kappa shape index (κ1) is 11.5. The summed E-state index contributed by atoms with van der Waals surface area (Å²) in [7, 11) is 0. The molecule has 0 unspecified atom stereocenters. The van der Waals surface area contributed by atoms with Gasteiger partial charge in [0.2, 0.25) is 0 Å². The molecule has 17 heavy (non-hydrogen) atoms. The predicted octanol–water partition coefficient (Wildman–Crippen LogP) is 4.26. The quantitative estimate of drug-likeness (QED) is 0.663. The van der Waals surface area contributed by atoms with Crippen LogP contribution in [0.15, 0.2) is 54.6 Å². The molecular formula is C17H16. The Morgan fingerprint density at radius 3 is 2.12 bits per heavy atom. The van der Waals surface area contributed by atoms with E-state index in [-0.39, 0.29) is 5.41 Å². The van der Waals surface area contributed by atoms with E-state index >= 15 is 0 Å². The molecule has 0 bridgehead atoms. The standard InChI is InChI=1S/C17H16/c1-4-17(2,3)16-13-9-8-12-15(16)14-10-6-5-7-11-14/h1,5-13H,2-3H3. The van der Waals surface area contributed by atoms with Crippen LogP contribution in [0.1, 0.15) is 19.4 Å². The summed E-state index contributed by atoms with van der Waals surface area (Å²) in [5.74, 6) is 2.87. The van der Waals surface area contributed by atoms with E-state index in [0.29, 0.717) is 0 Å². The molecule has 0 aliphatic rings. The summed E-state index contributed by atoms with van der Waals surface area (Å²) >= 11 is 0. The van der Waals surface area contributed by atoms with Crippen molar-refractivity contribution in [3.63, 3.8) is 0 Å². The fourth-order valence-electron chi connectivity index (χ4n) is 1.98. The van der Waals surface area contributed by atoms with Crippen LogP contribution < -0.4 is 0 Å². The van der Waals surface area contributed by atoms with E-state index in [0.717, 1.165) is 0 Å². The molecule has 0 aliphatic carbocycles. The van der Waals surface area contributed by atoms with Crippen LogP contribution in [0.25, 0.3) is 11.1 Å². The lowest BCUT2D eigenvalue weighted by molar-refractivity contribution is 0.701. The van der Waals surface area contributed by atoms with Crippen molar-refractivity contribution >= 4 is 0 Å². The molecule has 2 rings (SSSR count). The van der Waals surface area contributed by atoms with Crippen LogP contribution >= 0.6 is 0 Å². The lowest BCUT2D eigenvalue weighted by Crippen LogP contribution is -2.15. The van der Waals surface area contributed by atoms with E-state index < -0.39 is 0 Å². The van der Waals surface area contributed by atoms with Crippen LogP contribution in [0.5, 0.6) is 0 Å². The summed E-state index contributed by atoms with van der Waals surface area (Å²) in [6.45, 7) is 4.16. The monoisotopic (exact) mass is 220 g/mol. The van der Waals surface area contributed by atoms with Gasteiger partial charge in [-0.15, -0.1) is 6.42 Å². The van der Waals surface area contributed by atoms with Crippen LogP contribution in [0.4, 0.5) is 0 Å². The van der Waals surface area contributed by atoms with Crippen molar-refractivity contribution in [1.29, 1.82) is 0 Å². The molecule has 0 heterocycles. The average Bonchev–Trinajstić information content (AvgIpc) is 2.40. The van der Waals surface area contributed by atoms with Crippen LogP contribution in [0, 0.1) is 12.3 Å². The highest BCUT2D eigenvalue weighted by molar-refractivity contribution is 5.69. The second-order valence-electron chi connectivity index (χ2n) is 4.68. The molecule has 0 radical (unpaired) electrons. The third-order valence-electron chi connectivity index (χ3n) is 3.05. The zero-order valence-corrected chi connectivity index (χ0v) is 10.3. The Balaban J connectivity index is 2.61. The van der Waals surface area contributed by atoms with Crippen molar-refractivity contribution in [3.05, 3.63) is 60.2 Å². The molecule has 0 saturated heterocycles. The average molecular weight is 220 g/mol. The fraction of sp³-hybridized carbons (Fsp3) is 0.176. The van der Waals surface area contributed by atoms with Gasteiger partial charge in [-0.05, 0) is 30.5 Å². The van der Waals surface area contributed by atoms with Crippen LogP contribution in [0.3, 0.4) is 0 Å². The van der Waals surface area contributed by atoms with E-state index in [1.165, 1.54) is 16.7 Å². The first-order chi connectivity index (χ1) is 8.15. The van der Waals surface area contributed by atoms with Crippen LogP contribution in [-0.2, 0) is 5.41 Å². The molecule has 0 nitrogen and oxygen atoms in total. The molecule has 0 heteroatoms. The number of benzene rings is 2. The highest BCUT2D eigenvalue weighted by Gasteiger charge is 2.20. The number of hydrogen-bond acceptors (Lipinski definition) is 0. The van der Waals surface area contributed by atoms with Crippen molar-refractivity contribution in [2.45, 2.75) is 19.3 Å². The maximum absolute atomic E-state index is 5.64. The Labute approximate surface area is 103 Å². The third-order valence-corrected chi connectivity index (χ3v) is 3.05. The smallest absolute Gasteiger partial charge is 0.0510 e. The fourth-order valence-corrected chi connectivity index (χ4v) is 1.98. The van der Waals surface area contributed by atoms with Gasteiger partial charge in [-0.3, -0.25) is 0 Å². The summed E-state index contributed by atoms with van der Waals surface area (Å²) in [5, 5.41) is 0. The number of terminal acetylenes is 1. The Morgan fingerprint density at radius 1 is 0.882 bits per heavy atom. The molecule has 0 atom stereocenters. The molecule has 0 fully saturated rings. The van der Waals surface area contributed by atoms with Gasteiger partial charge < -0.3 is 0 Å². The first-order valence-electron chi connectivity index (χ1n) is 5.78. The van der Waals surface area contributed by atoms with Crippen molar-refractivity contribution in [3.8, 4) is 23.5 Å². The summed E-state index contributed by atoms with van der Waals surface area (Å²) < 4.78 is 0. The number of hydrogen-bond donors (Lipinski definition) is 0. The summed E-state index contributed by atoms with van der Waals surface area (Å²) in [6, 6.07) is 18.7. The topological polar surface area (TPSA) is 0 Å². The van der Waals surface area contributed by atoms with Gasteiger partial charge >= 0.3 is 0 Å². The minimum Gasteiger partial charge on any atom is -0.119 e. The third kappa shape index (κ3) is 2.24. The maximum atomic E-state index is 5.64. The maximum Gasteiger partial charge on any atom is 0.0510 e. The van der Waals surface area contributed by atoms with Crippen molar-refractivity contribution in [2.24, 2.45) is 0 Å². The lowest BCUT2D eigenvalue weighted by atomic mass is 9.81. The van der Waals surface area contributed by atoms with Crippen LogP contribution in [-0.4, -0.2) is 0 Å². The van der Waals surface area contributed by atoms with Gasteiger partial charge in [0.05, 0.1) is 5.41 Å². The van der Waals surface area contributed by atoms with Crippen molar-refractivity contribution in [2.75, 3.05) is 0 Å². The van der Waals surface area contributed by atoms with Crippen LogP contribution in [0.2, 0.25) is 0 Å². The Kier molecular flexibility index (Phi) is 3.02. The zero-order valence-electron chi connectivity index (χ0n) is 10.3. The minimum atomic E-state index is -0.244. The van der Waals surface area contributed by atoms with Crippen molar-refractivity contribution < 1.29 is 0 Å². The molecule has 0 aromatic heterocycles. The largest absolute Gasteiger partial charge is 0.119 e. The Bertz CT molecular complexity index is 542. The van der Waals surface area contributed by atoms with Gasteiger partial charge in [0.1, 0.15) is 0 Å². The summed E-state index contributed by atoms with van der Waals surface area (Å²) in [4.78, 5) is 0. The molecule has 0 N–H and O–H groups in total. The summed E-state index contributed by atoms with van der Waals surface area (Å²) in [6.07, 6.45) is 5.64. The highest BCUT2D eigenvalue weighted by atomic mass is 14.2. The van der Waals surface area contributed by atoms with E-state index in [1.54, 1.807) is 0 Å². The minimum absolute atomic E-state index is 0.244. The lowest BCUT2D eigenvalue weighted by Gasteiger charge is -2.22. The zero-order chi connectivity index (χ0) is 12.3. The second-order valence-corrected chi connectivity index (χ2v) is 4.68. The van der Waals surface area contributed by atoms with E-state index in [2.05, 4.69) is 62.2 Å². The first-order valence-corrected chi connectivity index (χ1v) is 5.78.